The van der Waals surface area contributed by atoms with Crippen LogP contribution in [0, 0.1) is 5.82 Å². The fourth-order valence-electron chi connectivity index (χ4n) is 1.86. The molecule has 0 atom stereocenters. The number of hydrogen-bond acceptors (Lipinski definition) is 3. The summed E-state index contributed by atoms with van der Waals surface area (Å²) in [7, 11) is 0. The molecule has 0 aromatic carbocycles. The van der Waals surface area contributed by atoms with Crippen LogP contribution in [0.3, 0.4) is 0 Å². The van der Waals surface area contributed by atoms with Crippen molar-refractivity contribution >= 4 is 0 Å². The van der Waals surface area contributed by atoms with Gasteiger partial charge >= 0.3 is 0 Å². The van der Waals surface area contributed by atoms with Crippen molar-refractivity contribution in [2.24, 2.45) is 0 Å². The van der Waals surface area contributed by atoms with Gasteiger partial charge in [0.05, 0.1) is 39.0 Å². The summed E-state index contributed by atoms with van der Waals surface area (Å²) in [6, 6.07) is 4.41. The molecule has 2 aromatic rings. The SMILES string of the molecule is [2H]C1([2H])OC(C)(C)Cn2nc(-c3ccc(F)cn3)cc21. The predicted molar refractivity (Wildman–Crippen MR) is 64.3 cm³/mol. The van der Waals surface area contributed by atoms with Crippen LogP contribution in [0.5, 0.6) is 0 Å². The molecule has 0 radical (unpaired) electrons. The molecule has 0 N–H and O–H groups in total. The van der Waals surface area contributed by atoms with Gasteiger partial charge in [0, 0.05) is 0 Å². The van der Waals surface area contributed by atoms with Gasteiger partial charge in [-0.2, -0.15) is 5.10 Å². The summed E-state index contributed by atoms with van der Waals surface area (Å²) in [5.41, 5.74) is 0.709. The van der Waals surface area contributed by atoms with Crippen LogP contribution in [0.2, 0.25) is 0 Å². The molecule has 2 aromatic heterocycles. The van der Waals surface area contributed by atoms with Crippen LogP contribution in [0.1, 0.15) is 22.3 Å². The lowest BCUT2D eigenvalue weighted by atomic mass is 10.1. The second-order valence-electron chi connectivity index (χ2n) is 4.90. The fraction of sp³-hybridized carbons (Fsp3) is 0.385. The molecule has 18 heavy (non-hydrogen) atoms. The molecule has 3 rings (SSSR count). The van der Waals surface area contributed by atoms with Crippen LogP contribution < -0.4 is 0 Å². The Morgan fingerprint density at radius 1 is 1.44 bits per heavy atom. The normalized spacial score (nSPS) is 21.9. The largest absolute Gasteiger partial charge is 0.367 e. The number of pyridine rings is 1. The Kier molecular flexibility index (Phi) is 1.99. The quantitative estimate of drug-likeness (QED) is 0.779. The first-order valence-corrected chi connectivity index (χ1v) is 5.67. The van der Waals surface area contributed by atoms with E-state index in [1.807, 2.05) is 13.8 Å². The highest BCUT2D eigenvalue weighted by atomic mass is 19.1. The molecule has 1 aliphatic heterocycles. The van der Waals surface area contributed by atoms with E-state index < -0.39 is 18.0 Å². The number of fused-ring (bicyclic) bond motifs is 1. The van der Waals surface area contributed by atoms with Crippen LogP contribution in [-0.4, -0.2) is 20.4 Å². The number of aromatic nitrogens is 3. The van der Waals surface area contributed by atoms with Gasteiger partial charge in [0.2, 0.25) is 0 Å². The van der Waals surface area contributed by atoms with Gasteiger partial charge in [0.15, 0.2) is 0 Å². The summed E-state index contributed by atoms with van der Waals surface area (Å²) in [5.74, 6) is -0.419. The third kappa shape index (κ3) is 2.01. The Morgan fingerprint density at radius 3 is 3.00 bits per heavy atom. The third-order valence-electron chi connectivity index (χ3n) is 2.73. The minimum atomic E-state index is -1.91. The molecule has 4 nitrogen and oxygen atoms in total. The Hall–Kier alpha value is -1.75. The summed E-state index contributed by atoms with van der Waals surface area (Å²) in [6.07, 6.45) is 1.11. The molecule has 1 aliphatic rings. The highest BCUT2D eigenvalue weighted by Gasteiger charge is 2.27. The number of halogens is 1. The van der Waals surface area contributed by atoms with Crippen molar-refractivity contribution in [1.82, 2.24) is 14.8 Å². The average Bonchev–Trinajstić information content (AvgIpc) is 2.71. The monoisotopic (exact) mass is 249 g/mol. The zero-order valence-electron chi connectivity index (χ0n) is 12.1. The maximum absolute atomic E-state index is 12.9. The van der Waals surface area contributed by atoms with E-state index >= 15 is 0 Å². The van der Waals surface area contributed by atoms with Crippen LogP contribution in [0.15, 0.2) is 24.4 Å². The second-order valence-corrected chi connectivity index (χ2v) is 4.90. The standard InChI is InChI=1S/C13H14FN3O/c1-13(2)8-17-10(7-18-13)5-12(16-17)11-4-3-9(14)6-15-11/h3-6H,7-8H2,1-2H3/i7D2. The summed E-state index contributed by atoms with van der Waals surface area (Å²) in [4.78, 5) is 3.96. The zero-order valence-corrected chi connectivity index (χ0v) is 10.1. The van der Waals surface area contributed by atoms with Gasteiger partial charge in [0.1, 0.15) is 11.5 Å². The van der Waals surface area contributed by atoms with Crippen molar-refractivity contribution in [3.05, 3.63) is 35.9 Å². The van der Waals surface area contributed by atoms with Gasteiger partial charge < -0.3 is 4.74 Å². The van der Waals surface area contributed by atoms with Crippen molar-refractivity contribution < 1.29 is 11.9 Å². The third-order valence-corrected chi connectivity index (χ3v) is 2.73. The molecule has 0 bridgehead atoms. The van der Waals surface area contributed by atoms with Gasteiger partial charge in [-0.25, -0.2) is 4.39 Å². The number of rotatable bonds is 1. The fourth-order valence-corrected chi connectivity index (χ4v) is 1.86. The van der Waals surface area contributed by atoms with Crippen molar-refractivity contribution in [3.63, 3.8) is 0 Å². The molecule has 0 unspecified atom stereocenters. The lowest BCUT2D eigenvalue weighted by Gasteiger charge is -2.30. The summed E-state index contributed by atoms with van der Waals surface area (Å²) < 4.78 is 35.9. The molecule has 0 saturated heterocycles. The molecule has 0 fully saturated rings. The van der Waals surface area contributed by atoms with Gasteiger partial charge in [-0.05, 0) is 32.0 Å². The molecule has 0 spiro atoms. The first kappa shape index (κ1) is 9.22. The van der Waals surface area contributed by atoms with Crippen LogP contribution >= 0.6 is 0 Å². The van der Waals surface area contributed by atoms with Gasteiger partial charge in [-0.3, -0.25) is 9.67 Å². The Labute approximate surface area is 107 Å². The Bertz CT molecular complexity index is 652. The molecule has 0 aliphatic carbocycles. The minimum absolute atomic E-state index is 0.345. The minimum Gasteiger partial charge on any atom is -0.367 e. The Morgan fingerprint density at radius 2 is 2.28 bits per heavy atom. The maximum atomic E-state index is 12.9. The summed E-state index contributed by atoms with van der Waals surface area (Å²) >= 11 is 0. The molecular weight excluding hydrogens is 233 g/mol. The molecule has 0 saturated carbocycles. The first-order valence-electron chi connectivity index (χ1n) is 6.67. The highest BCUT2D eigenvalue weighted by molar-refractivity contribution is 5.54. The molecular formula is C13H14FN3O. The predicted octanol–water partition coefficient (Wildman–Crippen LogP) is 2.39. The van der Waals surface area contributed by atoms with Gasteiger partial charge in [-0.1, -0.05) is 0 Å². The summed E-state index contributed by atoms with van der Waals surface area (Å²) in [6.45, 7) is 2.16. The van der Waals surface area contributed by atoms with Crippen molar-refractivity contribution in [1.29, 1.82) is 0 Å². The molecule has 94 valence electrons. The smallest absolute Gasteiger partial charge is 0.141 e. The van der Waals surface area contributed by atoms with Gasteiger partial charge in [0.25, 0.3) is 0 Å². The lowest BCUT2D eigenvalue weighted by molar-refractivity contribution is -0.0660. The number of nitrogens with zero attached hydrogens (tertiary/aromatic N) is 3. The van der Waals surface area contributed by atoms with E-state index in [0.717, 1.165) is 6.20 Å². The average molecular weight is 249 g/mol. The number of hydrogen-bond donors (Lipinski definition) is 0. The molecule has 3 heterocycles. The molecule has 0 amide bonds. The first-order chi connectivity index (χ1) is 9.27. The van der Waals surface area contributed by atoms with Crippen molar-refractivity contribution in [2.45, 2.75) is 32.6 Å². The van der Waals surface area contributed by atoms with E-state index in [1.165, 1.54) is 12.1 Å². The van der Waals surface area contributed by atoms with E-state index in [1.54, 1.807) is 10.7 Å². The Balaban J connectivity index is 2.06. The van der Waals surface area contributed by atoms with Crippen LogP contribution in [-0.2, 0) is 17.8 Å². The number of ether oxygens (including phenoxy) is 1. The van der Waals surface area contributed by atoms with Crippen molar-refractivity contribution in [3.8, 4) is 11.4 Å². The van der Waals surface area contributed by atoms with E-state index in [4.69, 9.17) is 7.48 Å². The van der Waals surface area contributed by atoms with E-state index in [-0.39, 0.29) is 0 Å². The maximum Gasteiger partial charge on any atom is 0.141 e. The van der Waals surface area contributed by atoms with Crippen molar-refractivity contribution in [2.75, 3.05) is 0 Å². The lowest BCUT2D eigenvalue weighted by Crippen LogP contribution is -2.36. The van der Waals surface area contributed by atoms with Crippen LogP contribution in [0.25, 0.3) is 11.4 Å². The zero-order chi connectivity index (χ0) is 14.5. The van der Waals surface area contributed by atoms with Crippen LogP contribution in [0.4, 0.5) is 4.39 Å². The molecule has 5 heteroatoms. The van der Waals surface area contributed by atoms with E-state index in [9.17, 15) is 4.39 Å². The summed E-state index contributed by atoms with van der Waals surface area (Å²) in [5, 5.41) is 4.35. The topological polar surface area (TPSA) is 39.9 Å². The van der Waals surface area contributed by atoms with E-state index in [0.29, 0.717) is 23.6 Å². The van der Waals surface area contributed by atoms with Gasteiger partial charge in [-0.15, -0.1) is 0 Å². The highest BCUT2D eigenvalue weighted by Crippen LogP contribution is 2.25. The van der Waals surface area contributed by atoms with E-state index in [2.05, 4.69) is 10.1 Å². The second kappa shape index (κ2) is 3.88.